The second-order valence-electron chi connectivity index (χ2n) is 7.58. The van der Waals surface area contributed by atoms with Gasteiger partial charge in [-0.1, -0.05) is 24.3 Å². The molecule has 0 bridgehead atoms. The lowest BCUT2D eigenvalue weighted by Crippen LogP contribution is -2.44. The van der Waals surface area contributed by atoms with E-state index in [9.17, 15) is 4.79 Å². The summed E-state index contributed by atoms with van der Waals surface area (Å²) in [5.41, 5.74) is 1.98. The molecule has 3 aromatic rings. The van der Waals surface area contributed by atoms with Crippen molar-refractivity contribution < 1.29 is 4.79 Å². The monoisotopic (exact) mass is 394 g/mol. The molecule has 1 N–H and O–H groups in total. The number of aromatic nitrogens is 2. The first kappa shape index (κ1) is 18.9. The number of amides is 1. The predicted molar refractivity (Wildman–Crippen MR) is 115 cm³/mol. The zero-order valence-corrected chi connectivity index (χ0v) is 17.2. The lowest BCUT2D eigenvalue weighted by atomic mass is 9.95. The van der Waals surface area contributed by atoms with Crippen molar-refractivity contribution >= 4 is 34.1 Å². The Morgan fingerprint density at radius 2 is 2.00 bits per heavy atom. The van der Waals surface area contributed by atoms with Crippen LogP contribution in [-0.2, 0) is 11.2 Å². The fraction of sp³-hybridized carbons (Fsp3) is 0.409. The highest BCUT2D eigenvalue weighted by Gasteiger charge is 2.27. The van der Waals surface area contributed by atoms with E-state index in [-0.39, 0.29) is 17.9 Å². The van der Waals surface area contributed by atoms with Crippen LogP contribution in [0.4, 0.5) is 5.95 Å². The predicted octanol–water partition coefficient (Wildman–Crippen LogP) is 3.96. The summed E-state index contributed by atoms with van der Waals surface area (Å²) in [4.78, 5) is 25.6. The van der Waals surface area contributed by atoms with Crippen LogP contribution in [0.15, 0.2) is 41.8 Å². The number of piperidine rings is 1. The topological polar surface area (TPSA) is 58.1 Å². The maximum absolute atomic E-state index is 12.7. The Morgan fingerprint density at radius 3 is 2.75 bits per heavy atom. The summed E-state index contributed by atoms with van der Waals surface area (Å²) in [6, 6.07) is 12.5. The van der Waals surface area contributed by atoms with Crippen LogP contribution in [0.3, 0.4) is 0 Å². The average Bonchev–Trinajstić information content (AvgIpc) is 3.21. The van der Waals surface area contributed by atoms with E-state index in [1.807, 2.05) is 25.1 Å². The quantitative estimate of drug-likeness (QED) is 0.712. The summed E-state index contributed by atoms with van der Waals surface area (Å²) in [5, 5.41) is 6.37. The van der Waals surface area contributed by atoms with Gasteiger partial charge in [0.1, 0.15) is 0 Å². The first-order valence-corrected chi connectivity index (χ1v) is 10.8. The van der Waals surface area contributed by atoms with Crippen molar-refractivity contribution in [1.29, 1.82) is 0 Å². The van der Waals surface area contributed by atoms with Crippen molar-refractivity contribution in [3.63, 3.8) is 0 Å². The molecule has 1 aliphatic rings. The highest BCUT2D eigenvalue weighted by Crippen LogP contribution is 2.24. The average molecular weight is 395 g/mol. The smallest absolute Gasteiger partial charge is 0.226 e. The van der Waals surface area contributed by atoms with Crippen LogP contribution in [0, 0.1) is 12.8 Å². The van der Waals surface area contributed by atoms with Crippen molar-refractivity contribution in [1.82, 2.24) is 15.3 Å². The lowest BCUT2D eigenvalue weighted by molar-refractivity contribution is -0.126. The first-order chi connectivity index (χ1) is 13.6. The van der Waals surface area contributed by atoms with Gasteiger partial charge < -0.3 is 10.2 Å². The second-order valence-corrected chi connectivity index (χ2v) is 8.61. The van der Waals surface area contributed by atoms with Crippen molar-refractivity contribution in [3.8, 4) is 0 Å². The van der Waals surface area contributed by atoms with Crippen molar-refractivity contribution in [2.45, 2.75) is 39.2 Å². The number of benzene rings is 1. The van der Waals surface area contributed by atoms with E-state index in [0.717, 1.165) is 54.9 Å². The molecule has 0 radical (unpaired) electrons. The van der Waals surface area contributed by atoms with E-state index in [2.05, 4.69) is 40.7 Å². The van der Waals surface area contributed by atoms with Gasteiger partial charge in [-0.3, -0.25) is 4.79 Å². The molecule has 0 saturated carbocycles. The second kappa shape index (κ2) is 8.27. The Morgan fingerprint density at radius 1 is 1.21 bits per heavy atom. The number of carbonyl (C=O) groups excluding carboxylic acids is 1. The Hall–Kier alpha value is -2.47. The number of rotatable bonds is 5. The first-order valence-electron chi connectivity index (χ1n) is 9.91. The Labute approximate surface area is 169 Å². The minimum absolute atomic E-state index is 0.0728. The van der Waals surface area contributed by atoms with E-state index in [4.69, 9.17) is 9.97 Å². The lowest BCUT2D eigenvalue weighted by Gasteiger charge is -2.32. The summed E-state index contributed by atoms with van der Waals surface area (Å²) >= 11 is 1.74. The summed E-state index contributed by atoms with van der Waals surface area (Å²) in [6.45, 7) is 5.74. The molecule has 1 aliphatic heterocycles. The molecule has 146 valence electrons. The van der Waals surface area contributed by atoms with E-state index >= 15 is 0 Å². The fourth-order valence-corrected chi connectivity index (χ4v) is 4.68. The Kier molecular flexibility index (Phi) is 5.57. The molecular formula is C22H26N4OS. The molecule has 2 aromatic heterocycles. The highest BCUT2D eigenvalue weighted by atomic mass is 32.1. The van der Waals surface area contributed by atoms with Crippen LogP contribution >= 0.6 is 11.3 Å². The molecule has 4 rings (SSSR count). The van der Waals surface area contributed by atoms with Crippen LogP contribution in [0.25, 0.3) is 10.9 Å². The molecule has 6 heteroatoms. The van der Waals surface area contributed by atoms with Crippen molar-refractivity contribution in [2.24, 2.45) is 5.92 Å². The Bertz CT molecular complexity index is 948. The van der Waals surface area contributed by atoms with Gasteiger partial charge in [-0.2, -0.15) is 0 Å². The van der Waals surface area contributed by atoms with Gasteiger partial charge in [0.05, 0.1) is 11.2 Å². The SMILES string of the molecule is Cc1nc(N2CCC(C(=O)N[C@H](C)Cc3cccs3)CC2)nc2ccccc12. The molecule has 1 fully saturated rings. The van der Waals surface area contributed by atoms with Gasteiger partial charge >= 0.3 is 0 Å². The van der Waals surface area contributed by atoms with Gasteiger partial charge in [-0.05, 0) is 44.2 Å². The molecule has 1 atom stereocenters. The van der Waals surface area contributed by atoms with E-state index in [1.165, 1.54) is 4.88 Å². The number of para-hydroxylation sites is 1. The third-order valence-electron chi connectivity index (χ3n) is 5.41. The molecule has 0 unspecified atom stereocenters. The zero-order valence-electron chi connectivity index (χ0n) is 16.4. The largest absolute Gasteiger partial charge is 0.353 e. The fourth-order valence-electron chi connectivity index (χ4n) is 3.85. The van der Waals surface area contributed by atoms with E-state index < -0.39 is 0 Å². The number of nitrogens with zero attached hydrogens (tertiary/aromatic N) is 3. The molecule has 1 amide bonds. The number of thiophene rings is 1. The summed E-state index contributed by atoms with van der Waals surface area (Å²) in [6.07, 6.45) is 2.58. The number of fused-ring (bicyclic) bond motifs is 1. The van der Waals surface area contributed by atoms with E-state index in [1.54, 1.807) is 11.3 Å². The van der Waals surface area contributed by atoms with Crippen LogP contribution in [0.5, 0.6) is 0 Å². The van der Waals surface area contributed by atoms with E-state index in [0.29, 0.717) is 0 Å². The molecule has 5 nitrogen and oxygen atoms in total. The number of aryl methyl sites for hydroxylation is 1. The summed E-state index contributed by atoms with van der Waals surface area (Å²) in [7, 11) is 0. The molecule has 0 spiro atoms. The number of hydrogen-bond donors (Lipinski definition) is 1. The summed E-state index contributed by atoms with van der Waals surface area (Å²) in [5.74, 6) is 1.03. The van der Waals surface area contributed by atoms with Gasteiger partial charge in [0.15, 0.2) is 0 Å². The standard InChI is InChI=1S/C22H26N4OS/c1-15(14-18-6-5-13-28-18)23-21(27)17-9-11-26(12-10-17)22-24-16(2)19-7-3-4-8-20(19)25-22/h3-8,13,15,17H,9-12,14H2,1-2H3,(H,23,27)/t15-/m1/s1. The number of nitrogens with one attached hydrogen (secondary N) is 1. The van der Waals surface area contributed by atoms with Gasteiger partial charge in [0.2, 0.25) is 11.9 Å². The summed E-state index contributed by atoms with van der Waals surface area (Å²) < 4.78 is 0. The van der Waals surface area contributed by atoms with Crippen LogP contribution in [0.2, 0.25) is 0 Å². The molecule has 1 saturated heterocycles. The Balaban J connectivity index is 1.34. The van der Waals surface area contributed by atoms with Gasteiger partial charge in [-0.25, -0.2) is 9.97 Å². The number of hydrogen-bond acceptors (Lipinski definition) is 5. The number of carbonyl (C=O) groups is 1. The minimum atomic E-state index is 0.0728. The molecule has 1 aromatic carbocycles. The van der Waals surface area contributed by atoms with Crippen LogP contribution in [-0.4, -0.2) is 35.0 Å². The minimum Gasteiger partial charge on any atom is -0.353 e. The zero-order chi connectivity index (χ0) is 19.5. The molecular weight excluding hydrogens is 368 g/mol. The normalized spacial score (nSPS) is 16.3. The van der Waals surface area contributed by atoms with Crippen LogP contribution < -0.4 is 10.2 Å². The molecule has 3 heterocycles. The highest BCUT2D eigenvalue weighted by molar-refractivity contribution is 7.09. The number of anilines is 1. The van der Waals surface area contributed by atoms with Crippen molar-refractivity contribution in [3.05, 3.63) is 52.3 Å². The van der Waals surface area contributed by atoms with Crippen molar-refractivity contribution in [2.75, 3.05) is 18.0 Å². The maximum atomic E-state index is 12.7. The van der Waals surface area contributed by atoms with Gasteiger partial charge in [0, 0.05) is 41.7 Å². The third-order valence-corrected chi connectivity index (χ3v) is 6.31. The molecule has 28 heavy (non-hydrogen) atoms. The van der Waals surface area contributed by atoms with Gasteiger partial charge in [-0.15, -0.1) is 11.3 Å². The van der Waals surface area contributed by atoms with Crippen LogP contribution in [0.1, 0.15) is 30.3 Å². The van der Waals surface area contributed by atoms with Gasteiger partial charge in [0.25, 0.3) is 0 Å². The maximum Gasteiger partial charge on any atom is 0.226 e. The molecule has 0 aliphatic carbocycles. The third kappa shape index (κ3) is 4.17.